The number of carbonyl (C=O) groups excluding carboxylic acids is 1. The first-order chi connectivity index (χ1) is 7.74. The summed E-state index contributed by atoms with van der Waals surface area (Å²) in [4.78, 5) is 11.5. The summed E-state index contributed by atoms with van der Waals surface area (Å²) in [6.45, 7) is 4.94. The fourth-order valence-corrected chi connectivity index (χ4v) is 1.30. The molecule has 0 unspecified atom stereocenters. The molecule has 86 valence electrons. The summed E-state index contributed by atoms with van der Waals surface area (Å²) in [7, 11) is 1.55. The van der Waals surface area contributed by atoms with Gasteiger partial charge in [-0.15, -0.1) is 0 Å². The second-order valence-electron chi connectivity index (χ2n) is 3.55. The third-order valence-electron chi connectivity index (χ3n) is 2.17. The standard InChI is InChI=1S/C13H17NO2/c1-11(10-16-2)13(15)9-14-8-12-6-4-3-5-7-12/h3-7,14H,1,8-10H2,2H3. The highest BCUT2D eigenvalue weighted by molar-refractivity contribution is 5.96. The molecular formula is C13H17NO2. The van der Waals surface area contributed by atoms with Crippen LogP contribution in [0.25, 0.3) is 0 Å². The van der Waals surface area contributed by atoms with Gasteiger partial charge in [0, 0.05) is 19.2 Å². The average Bonchev–Trinajstić information content (AvgIpc) is 2.30. The molecule has 0 aliphatic heterocycles. The quantitative estimate of drug-likeness (QED) is 0.707. The predicted molar refractivity (Wildman–Crippen MR) is 64.2 cm³/mol. The van der Waals surface area contributed by atoms with Crippen molar-refractivity contribution in [2.45, 2.75) is 6.54 Å². The molecule has 0 aromatic heterocycles. The van der Waals surface area contributed by atoms with Crippen LogP contribution in [-0.4, -0.2) is 26.0 Å². The summed E-state index contributed by atoms with van der Waals surface area (Å²) in [5.74, 6) is -0.00205. The molecule has 1 aromatic rings. The maximum atomic E-state index is 11.5. The zero-order valence-corrected chi connectivity index (χ0v) is 9.53. The molecular weight excluding hydrogens is 202 g/mol. The number of Topliss-reactive ketones (excluding diaryl/α,β-unsaturated/α-hetero) is 1. The van der Waals surface area contributed by atoms with Gasteiger partial charge < -0.3 is 10.1 Å². The van der Waals surface area contributed by atoms with Crippen molar-refractivity contribution in [3.63, 3.8) is 0 Å². The lowest BCUT2D eigenvalue weighted by Crippen LogP contribution is -2.24. The highest BCUT2D eigenvalue weighted by atomic mass is 16.5. The molecule has 0 fully saturated rings. The largest absolute Gasteiger partial charge is 0.380 e. The topological polar surface area (TPSA) is 38.3 Å². The molecule has 3 nitrogen and oxygen atoms in total. The van der Waals surface area contributed by atoms with Crippen molar-refractivity contribution in [3.05, 3.63) is 48.0 Å². The molecule has 0 amide bonds. The predicted octanol–water partition coefficient (Wildman–Crippen LogP) is 1.55. The maximum Gasteiger partial charge on any atom is 0.174 e. The van der Waals surface area contributed by atoms with Gasteiger partial charge in [-0.3, -0.25) is 4.79 Å². The molecule has 0 bridgehead atoms. The van der Waals surface area contributed by atoms with Gasteiger partial charge in [0.2, 0.25) is 0 Å². The van der Waals surface area contributed by atoms with Crippen LogP contribution in [0.1, 0.15) is 5.56 Å². The van der Waals surface area contributed by atoms with E-state index in [4.69, 9.17) is 4.74 Å². The number of hydrogen-bond donors (Lipinski definition) is 1. The smallest absolute Gasteiger partial charge is 0.174 e. The Labute approximate surface area is 96.1 Å². The molecule has 0 saturated carbocycles. The van der Waals surface area contributed by atoms with Gasteiger partial charge in [-0.05, 0) is 5.56 Å². The number of hydrogen-bond acceptors (Lipinski definition) is 3. The average molecular weight is 219 g/mol. The van der Waals surface area contributed by atoms with E-state index in [0.717, 1.165) is 5.56 Å². The van der Waals surface area contributed by atoms with Crippen LogP contribution in [0, 0.1) is 0 Å². The van der Waals surface area contributed by atoms with Crippen molar-refractivity contribution in [2.75, 3.05) is 20.3 Å². The van der Waals surface area contributed by atoms with Gasteiger partial charge in [0.15, 0.2) is 5.78 Å². The second-order valence-corrected chi connectivity index (χ2v) is 3.55. The van der Waals surface area contributed by atoms with Gasteiger partial charge in [-0.2, -0.15) is 0 Å². The monoisotopic (exact) mass is 219 g/mol. The molecule has 1 N–H and O–H groups in total. The van der Waals surface area contributed by atoms with Gasteiger partial charge in [-0.25, -0.2) is 0 Å². The van der Waals surface area contributed by atoms with Crippen molar-refractivity contribution in [1.29, 1.82) is 0 Å². The minimum atomic E-state index is -0.00205. The van der Waals surface area contributed by atoms with Crippen LogP contribution in [0.2, 0.25) is 0 Å². The Morgan fingerprint density at radius 2 is 2.06 bits per heavy atom. The van der Waals surface area contributed by atoms with Gasteiger partial charge in [0.1, 0.15) is 0 Å². The number of ether oxygens (including phenoxy) is 1. The lowest BCUT2D eigenvalue weighted by molar-refractivity contribution is -0.115. The number of nitrogens with one attached hydrogen (secondary N) is 1. The summed E-state index contributed by atoms with van der Waals surface area (Å²) >= 11 is 0. The van der Waals surface area contributed by atoms with Crippen molar-refractivity contribution >= 4 is 5.78 Å². The van der Waals surface area contributed by atoms with Gasteiger partial charge >= 0.3 is 0 Å². The number of rotatable bonds is 7. The van der Waals surface area contributed by atoms with Crippen LogP contribution >= 0.6 is 0 Å². The van der Waals surface area contributed by atoms with E-state index in [0.29, 0.717) is 25.3 Å². The van der Waals surface area contributed by atoms with Crippen LogP contribution in [0.15, 0.2) is 42.5 Å². The molecule has 1 rings (SSSR count). The molecule has 16 heavy (non-hydrogen) atoms. The van der Waals surface area contributed by atoms with E-state index in [1.165, 1.54) is 0 Å². The van der Waals surface area contributed by atoms with E-state index in [1.54, 1.807) is 7.11 Å². The van der Waals surface area contributed by atoms with Crippen molar-refractivity contribution in [3.8, 4) is 0 Å². The lowest BCUT2D eigenvalue weighted by atomic mass is 10.2. The van der Waals surface area contributed by atoms with Gasteiger partial charge in [-0.1, -0.05) is 36.9 Å². The molecule has 3 heteroatoms. The minimum absolute atomic E-state index is 0.00205. The van der Waals surface area contributed by atoms with E-state index >= 15 is 0 Å². The summed E-state index contributed by atoms with van der Waals surface area (Å²) in [5.41, 5.74) is 1.66. The van der Waals surface area contributed by atoms with Crippen LogP contribution in [0.3, 0.4) is 0 Å². The van der Waals surface area contributed by atoms with Gasteiger partial charge in [0.25, 0.3) is 0 Å². The van der Waals surface area contributed by atoms with Crippen LogP contribution < -0.4 is 5.32 Å². The Bertz CT molecular complexity index is 346. The number of benzene rings is 1. The Morgan fingerprint density at radius 1 is 1.38 bits per heavy atom. The van der Waals surface area contributed by atoms with Crippen molar-refractivity contribution < 1.29 is 9.53 Å². The summed E-state index contributed by atoms with van der Waals surface area (Å²) in [6, 6.07) is 9.95. The van der Waals surface area contributed by atoms with Gasteiger partial charge in [0.05, 0.1) is 13.2 Å². The van der Waals surface area contributed by atoms with Crippen molar-refractivity contribution in [2.24, 2.45) is 0 Å². The highest BCUT2D eigenvalue weighted by Crippen LogP contribution is 1.97. The first kappa shape index (κ1) is 12.6. The Balaban J connectivity index is 2.26. The van der Waals surface area contributed by atoms with E-state index < -0.39 is 0 Å². The first-order valence-corrected chi connectivity index (χ1v) is 5.18. The fourth-order valence-electron chi connectivity index (χ4n) is 1.30. The number of ketones is 1. The van der Waals surface area contributed by atoms with E-state index in [-0.39, 0.29) is 5.78 Å². The summed E-state index contributed by atoms with van der Waals surface area (Å²) < 4.78 is 4.84. The summed E-state index contributed by atoms with van der Waals surface area (Å²) in [6.07, 6.45) is 0. The zero-order chi connectivity index (χ0) is 11.8. The van der Waals surface area contributed by atoms with Crippen LogP contribution in [0.4, 0.5) is 0 Å². The Hall–Kier alpha value is -1.45. The maximum absolute atomic E-state index is 11.5. The van der Waals surface area contributed by atoms with Crippen LogP contribution in [0.5, 0.6) is 0 Å². The molecule has 0 radical (unpaired) electrons. The Kier molecular flexibility index (Phi) is 5.46. The summed E-state index contributed by atoms with van der Waals surface area (Å²) in [5, 5.41) is 3.07. The van der Waals surface area contributed by atoms with E-state index in [2.05, 4.69) is 11.9 Å². The third-order valence-corrected chi connectivity index (χ3v) is 2.17. The van der Waals surface area contributed by atoms with Crippen LogP contribution in [-0.2, 0) is 16.1 Å². The molecule has 0 aliphatic carbocycles. The molecule has 0 heterocycles. The van der Waals surface area contributed by atoms with E-state index in [9.17, 15) is 4.79 Å². The molecule has 0 saturated heterocycles. The normalized spacial score (nSPS) is 10.1. The molecule has 0 atom stereocenters. The molecule has 0 spiro atoms. The lowest BCUT2D eigenvalue weighted by Gasteiger charge is -2.05. The molecule has 0 aliphatic rings. The minimum Gasteiger partial charge on any atom is -0.380 e. The number of methoxy groups -OCH3 is 1. The first-order valence-electron chi connectivity index (χ1n) is 5.18. The second kappa shape index (κ2) is 6.93. The Morgan fingerprint density at radius 3 is 2.69 bits per heavy atom. The SMILES string of the molecule is C=C(COC)C(=O)CNCc1ccccc1. The highest BCUT2D eigenvalue weighted by Gasteiger charge is 2.05. The zero-order valence-electron chi connectivity index (χ0n) is 9.53. The fraction of sp³-hybridized carbons (Fsp3) is 0.308. The number of carbonyl (C=O) groups is 1. The van der Waals surface area contributed by atoms with Crippen molar-refractivity contribution in [1.82, 2.24) is 5.32 Å². The third kappa shape index (κ3) is 4.38. The molecule has 1 aromatic carbocycles. The van der Waals surface area contributed by atoms with E-state index in [1.807, 2.05) is 30.3 Å².